The fraction of sp³-hybridized carbons (Fsp3) is 0.278. The molecule has 2 aromatic carbocycles. The minimum absolute atomic E-state index is 0.0437. The maximum atomic E-state index is 13.1. The van der Waals surface area contributed by atoms with Crippen LogP contribution in [0, 0.1) is 0 Å². The van der Waals surface area contributed by atoms with Crippen LogP contribution in [0.2, 0.25) is 0 Å². The fourth-order valence-electron chi connectivity index (χ4n) is 5.81. The highest BCUT2D eigenvalue weighted by Gasteiger charge is 2.25. The molecule has 0 aliphatic heterocycles. The molecule has 3 heterocycles. The van der Waals surface area contributed by atoms with E-state index in [1.807, 2.05) is 85.5 Å². The summed E-state index contributed by atoms with van der Waals surface area (Å²) < 4.78 is 1.90. The number of benzene rings is 2. The van der Waals surface area contributed by atoms with Gasteiger partial charge in [-0.3, -0.25) is 4.79 Å². The van der Waals surface area contributed by atoms with E-state index in [2.05, 4.69) is 56.2 Å². The van der Waals surface area contributed by atoms with Crippen molar-refractivity contribution in [1.29, 1.82) is 0 Å². The van der Waals surface area contributed by atoms with Gasteiger partial charge >= 0.3 is 0 Å². The summed E-state index contributed by atoms with van der Waals surface area (Å²) >= 11 is 0. The van der Waals surface area contributed by atoms with Gasteiger partial charge in [-0.1, -0.05) is 48.6 Å². The first-order chi connectivity index (χ1) is 22.0. The molecule has 5 aromatic rings. The van der Waals surface area contributed by atoms with Crippen LogP contribution in [0.5, 0.6) is 0 Å². The Morgan fingerprint density at radius 1 is 0.956 bits per heavy atom. The van der Waals surface area contributed by atoms with Gasteiger partial charge in [0, 0.05) is 54.4 Å². The molecule has 0 radical (unpaired) electrons. The lowest BCUT2D eigenvalue weighted by Crippen LogP contribution is -2.42. The maximum Gasteiger partial charge on any atom is 0.251 e. The Morgan fingerprint density at radius 2 is 1.76 bits per heavy atom. The van der Waals surface area contributed by atoms with Crippen molar-refractivity contribution in [3.63, 3.8) is 0 Å². The van der Waals surface area contributed by atoms with Crippen molar-refractivity contribution >= 4 is 23.1 Å². The summed E-state index contributed by atoms with van der Waals surface area (Å²) in [4.78, 5) is 24.7. The Kier molecular flexibility index (Phi) is 9.46. The Hall–Kier alpha value is -5.02. The smallest absolute Gasteiger partial charge is 0.251 e. The van der Waals surface area contributed by atoms with Crippen LogP contribution in [0.3, 0.4) is 0 Å². The molecule has 230 valence electrons. The molecule has 9 nitrogen and oxygen atoms in total. The van der Waals surface area contributed by atoms with E-state index < -0.39 is 0 Å². The van der Waals surface area contributed by atoms with E-state index in [9.17, 15) is 4.79 Å². The number of carbonyl (C=O) groups excluding carboxylic acids is 1. The van der Waals surface area contributed by atoms with Crippen LogP contribution in [0.25, 0.3) is 28.0 Å². The molecule has 2 atom stereocenters. The highest BCUT2D eigenvalue weighted by atomic mass is 16.1. The number of anilines is 2. The molecule has 9 heteroatoms. The van der Waals surface area contributed by atoms with Crippen LogP contribution in [-0.4, -0.2) is 69.7 Å². The van der Waals surface area contributed by atoms with Gasteiger partial charge in [-0.15, -0.1) is 0 Å². The molecule has 2 unspecified atom stereocenters. The molecule has 45 heavy (non-hydrogen) atoms. The van der Waals surface area contributed by atoms with Crippen molar-refractivity contribution in [1.82, 2.24) is 29.8 Å². The first kappa shape index (κ1) is 30.0. The maximum absolute atomic E-state index is 13.1. The van der Waals surface area contributed by atoms with Crippen molar-refractivity contribution in [2.75, 3.05) is 37.8 Å². The van der Waals surface area contributed by atoms with E-state index in [0.29, 0.717) is 11.5 Å². The van der Waals surface area contributed by atoms with Gasteiger partial charge in [0.15, 0.2) is 0 Å². The number of nitrogens with one attached hydrogen (secondary N) is 3. The normalized spacial score (nSPS) is 16.7. The van der Waals surface area contributed by atoms with Gasteiger partial charge in [-0.25, -0.2) is 14.5 Å². The molecule has 1 aliphatic rings. The third kappa shape index (κ3) is 7.56. The number of hydrogen-bond donors (Lipinski definition) is 3. The lowest BCUT2D eigenvalue weighted by molar-refractivity contribution is 0.0926. The summed E-state index contributed by atoms with van der Waals surface area (Å²) in [5, 5.41) is 15.1. The van der Waals surface area contributed by atoms with E-state index in [4.69, 9.17) is 10.1 Å². The third-order valence-corrected chi connectivity index (χ3v) is 8.05. The molecule has 0 spiro atoms. The SMILES string of the molecule is CN(C)C/C=C/CNc1ccc(C(=O)NC2CCCC(Nc3nccc(-c4c(-c5ccccc5)nn5ccccc45)n3)C2)cc1. The summed E-state index contributed by atoms with van der Waals surface area (Å²) in [7, 11) is 4.09. The summed E-state index contributed by atoms with van der Waals surface area (Å²) in [6.07, 6.45) is 11.8. The summed E-state index contributed by atoms with van der Waals surface area (Å²) in [6, 6.07) is 26.1. The standard InChI is InChI=1S/C36H40N8O/c1-43(2)23-9-7-21-37-28-18-16-27(17-19-28)35(45)39-29-13-10-14-30(25-29)40-36-38-22-20-31(41-36)33-32-15-6-8-24-44(32)42-34(33)26-11-4-3-5-12-26/h3-9,11-12,15-20,22,24,29-30,37H,10,13-14,21,23,25H2,1-2H3,(H,39,45)(H,38,40,41)/b9-7+. The number of carbonyl (C=O) groups is 1. The van der Waals surface area contributed by atoms with E-state index in [0.717, 1.165) is 72.5 Å². The van der Waals surface area contributed by atoms with Crippen LogP contribution in [0.15, 0.2) is 103 Å². The van der Waals surface area contributed by atoms with Crippen LogP contribution in [0.1, 0.15) is 36.0 Å². The second-order valence-corrected chi connectivity index (χ2v) is 11.8. The number of hydrogen-bond acceptors (Lipinski definition) is 7. The van der Waals surface area contributed by atoms with Crippen LogP contribution < -0.4 is 16.0 Å². The van der Waals surface area contributed by atoms with Gasteiger partial charge in [0.25, 0.3) is 5.91 Å². The topological polar surface area (TPSA) is 99.5 Å². The quantitative estimate of drug-likeness (QED) is 0.157. The van der Waals surface area contributed by atoms with Gasteiger partial charge < -0.3 is 20.9 Å². The zero-order valence-corrected chi connectivity index (χ0v) is 25.9. The third-order valence-electron chi connectivity index (χ3n) is 8.05. The number of fused-ring (bicyclic) bond motifs is 1. The van der Waals surface area contributed by atoms with Crippen molar-refractivity contribution in [2.45, 2.75) is 37.8 Å². The van der Waals surface area contributed by atoms with Crippen LogP contribution in [0.4, 0.5) is 11.6 Å². The predicted octanol–water partition coefficient (Wildman–Crippen LogP) is 6.14. The van der Waals surface area contributed by atoms with Crippen LogP contribution >= 0.6 is 0 Å². The molecule has 3 N–H and O–H groups in total. The number of aromatic nitrogens is 4. The largest absolute Gasteiger partial charge is 0.382 e. The lowest BCUT2D eigenvalue weighted by Gasteiger charge is -2.30. The molecule has 1 fully saturated rings. The van der Waals surface area contributed by atoms with E-state index in [1.165, 1.54) is 0 Å². The Bertz CT molecular complexity index is 1750. The zero-order valence-electron chi connectivity index (χ0n) is 25.9. The Morgan fingerprint density at radius 3 is 2.58 bits per heavy atom. The number of pyridine rings is 1. The van der Waals surface area contributed by atoms with Crippen molar-refractivity contribution < 1.29 is 4.79 Å². The molecule has 6 rings (SSSR count). The lowest BCUT2D eigenvalue weighted by atomic mass is 9.91. The molecule has 1 saturated carbocycles. The van der Waals surface area contributed by atoms with Gasteiger partial charge in [-0.2, -0.15) is 5.10 Å². The first-order valence-electron chi connectivity index (χ1n) is 15.6. The Labute approximate surface area is 264 Å². The van der Waals surface area contributed by atoms with Gasteiger partial charge in [0.1, 0.15) is 5.69 Å². The average Bonchev–Trinajstić information content (AvgIpc) is 3.45. The summed E-state index contributed by atoms with van der Waals surface area (Å²) in [5.41, 5.74) is 6.35. The molecule has 1 amide bonds. The first-order valence-corrected chi connectivity index (χ1v) is 15.6. The zero-order chi connectivity index (χ0) is 31.0. The second kappa shape index (κ2) is 14.2. The molecule has 1 aliphatic carbocycles. The highest BCUT2D eigenvalue weighted by molar-refractivity contribution is 5.94. The monoisotopic (exact) mass is 600 g/mol. The minimum Gasteiger partial charge on any atom is -0.382 e. The van der Waals surface area contributed by atoms with E-state index in [-0.39, 0.29) is 18.0 Å². The highest BCUT2D eigenvalue weighted by Crippen LogP contribution is 2.34. The second-order valence-electron chi connectivity index (χ2n) is 11.8. The summed E-state index contributed by atoms with van der Waals surface area (Å²) in [6.45, 7) is 1.66. The molecular formula is C36H40N8O. The number of likely N-dealkylation sites (N-methyl/N-ethyl adjacent to an activating group) is 1. The average molecular weight is 601 g/mol. The molecule has 0 saturated heterocycles. The number of rotatable bonds is 11. The molecule has 3 aromatic heterocycles. The van der Waals surface area contributed by atoms with Gasteiger partial charge in [-0.05, 0) is 82.2 Å². The van der Waals surface area contributed by atoms with Crippen molar-refractivity contribution in [2.24, 2.45) is 0 Å². The Balaban J connectivity index is 1.09. The van der Waals surface area contributed by atoms with E-state index >= 15 is 0 Å². The summed E-state index contributed by atoms with van der Waals surface area (Å²) in [5.74, 6) is 0.538. The van der Waals surface area contributed by atoms with Crippen LogP contribution in [-0.2, 0) is 0 Å². The van der Waals surface area contributed by atoms with Gasteiger partial charge in [0.05, 0.1) is 16.8 Å². The predicted molar refractivity (Wildman–Crippen MR) is 181 cm³/mol. The van der Waals surface area contributed by atoms with E-state index in [1.54, 1.807) is 6.20 Å². The minimum atomic E-state index is -0.0437. The number of nitrogens with zero attached hydrogens (tertiary/aromatic N) is 5. The fourth-order valence-corrected chi connectivity index (χ4v) is 5.81. The van der Waals surface area contributed by atoms with Crippen molar-refractivity contribution in [3.05, 3.63) is 109 Å². The molecule has 0 bridgehead atoms. The van der Waals surface area contributed by atoms with Gasteiger partial charge in [0.2, 0.25) is 5.95 Å². The van der Waals surface area contributed by atoms with Crippen molar-refractivity contribution in [3.8, 4) is 22.5 Å². The number of amides is 1. The molecular weight excluding hydrogens is 560 g/mol.